The maximum Gasteiger partial charge on any atom is 0.220 e. The summed E-state index contributed by atoms with van der Waals surface area (Å²) in [6.07, 6.45) is 1.75. The maximum absolute atomic E-state index is 11.1. The van der Waals surface area contributed by atoms with E-state index in [4.69, 9.17) is 0 Å². The third-order valence-electron chi connectivity index (χ3n) is 3.73. The van der Waals surface area contributed by atoms with Crippen molar-refractivity contribution in [2.24, 2.45) is 17.3 Å². The van der Waals surface area contributed by atoms with Gasteiger partial charge in [-0.25, -0.2) is 0 Å². The molecule has 1 N–H and O–H groups in total. The van der Waals surface area contributed by atoms with Crippen molar-refractivity contribution >= 4 is 5.91 Å². The molecule has 1 aliphatic rings. The normalized spacial score (nSPS) is 22.2. The third-order valence-corrected chi connectivity index (χ3v) is 3.73. The predicted octanol–water partition coefficient (Wildman–Crippen LogP) is 2.19. The van der Waals surface area contributed by atoms with Gasteiger partial charge in [0.2, 0.25) is 5.91 Å². The van der Waals surface area contributed by atoms with Crippen molar-refractivity contribution in [3.63, 3.8) is 0 Å². The van der Waals surface area contributed by atoms with Gasteiger partial charge in [0, 0.05) is 13.0 Å². The molecule has 0 radical (unpaired) electrons. The first-order chi connectivity index (χ1) is 5.99. The lowest BCUT2D eigenvalue weighted by Crippen LogP contribution is -2.49. The van der Waals surface area contributed by atoms with Gasteiger partial charge in [-0.15, -0.1) is 0 Å². The molecule has 0 aromatic heterocycles. The summed E-state index contributed by atoms with van der Waals surface area (Å²) in [6, 6.07) is 0. The second-order valence-corrected chi connectivity index (χ2v) is 4.82. The van der Waals surface area contributed by atoms with E-state index >= 15 is 0 Å². The van der Waals surface area contributed by atoms with Crippen molar-refractivity contribution in [2.45, 2.75) is 40.5 Å². The molecule has 0 bridgehead atoms. The average Bonchev–Trinajstić information content (AvgIpc) is 2.04. The van der Waals surface area contributed by atoms with Crippen LogP contribution in [0.1, 0.15) is 40.5 Å². The highest BCUT2D eigenvalue weighted by Gasteiger charge is 2.39. The Hall–Kier alpha value is -0.530. The molecular weight excluding hydrogens is 162 g/mol. The monoisotopic (exact) mass is 183 g/mol. The minimum absolute atomic E-state index is 0.219. The quantitative estimate of drug-likeness (QED) is 0.698. The van der Waals surface area contributed by atoms with Gasteiger partial charge in [-0.05, 0) is 23.7 Å². The molecule has 1 amide bonds. The predicted molar refractivity (Wildman–Crippen MR) is 54.4 cm³/mol. The van der Waals surface area contributed by atoms with E-state index in [1.807, 2.05) is 0 Å². The number of amides is 1. The number of rotatable bonds is 2. The fourth-order valence-corrected chi connectivity index (χ4v) is 2.44. The zero-order chi connectivity index (χ0) is 10.1. The summed E-state index contributed by atoms with van der Waals surface area (Å²) >= 11 is 0. The summed E-state index contributed by atoms with van der Waals surface area (Å²) in [5.41, 5.74) is 0.327. The van der Waals surface area contributed by atoms with Crippen LogP contribution >= 0.6 is 0 Å². The summed E-state index contributed by atoms with van der Waals surface area (Å²) in [6.45, 7) is 9.91. The topological polar surface area (TPSA) is 29.1 Å². The van der Waals surface area contributed by atoms with E-state index < -0.39 is 0 Å². The Bertz CT molecular complexity index is 176. The molecule has 1 aliphatic heterocycles. The first-order valence-corrected chi connectivity index (χ1v) is 5.26. The molecule has 0 aromatic carbocycles. The summed E-state index contributed by atoms with van der Waals surface area (Å²) in [4.78, 5) is 11.1. The van der Waals surface area contributed by atoms with Gasteiger partial charge in [0.05, 0.1) is 0 Å². The Morgan fingerprint density at radius 1 is 1.23 bits per heavy atom. The summed E-state index contributed by atoms with van der Waals surface area (Å²) in [7, 11) is 0. The van der Waals surface area contributed by atoms with E-state index in [0.717, 1.165) is 13.0 Å². The molecule has 1 heterocycles. The van der Waals surface area contributed by atoms with Crippen LogP contribution in [0.4, 0.5) is 0 Å². The zero-order valence-corrected chi connectivity index (χ0v) is 9.18. The lowest BCUT2D eigenvalue weighted by Gasteiger charge is -2.44. The Morgan fingerprint density at radius 2 is 1.77 bits per heavy atom. The smallest absolute Gasteiger partial charge is 0.220 e. The number of carbonyl (C=O) groups is 1. The van der Waals surface area contributed by atoms with Crippen molar-refractivity contribution in [1.29, 1.82) is 0 Å². The van der Waals surface area contributed by atoms with Crippen molar-refractivity contribution in [3.05, 3.63) is 0 Å². The molecule has 1 rings (SSSR count). The molecule has 0 aromatic rings. The van der Waals surface area contributed by atoms with E-state index in [2.05, 4.69) is 33.0 Å². The molecule has 2 nitrogen and oxygen atoms in total. The molecule has 1 saturated heterocycles. The maximum atomic E-state index is 11.1. The van der Waals surface area contributed by atoms with Crippen LogP contribution in [0, 0.1) is 17.3 Å². The van der Waals surface area contributed by atoms with Gasteiger partial charge in [0.15, 0.2) is 0 Å². The Balaban J connectivity index is 2.75. The van der Waals surface area contributed by atoms with Gasteiger partial charge in [0.25, 0.3) is 0 Å². The fraction of sp³-hybridized carbons (Fsp3) is 0.909. The van der Waals surface area contributed by atoms with Gasteiger partial charge >= 0.3 is 0 Å². The van der Waals surface area contributed by atoms with Crippen molar-refractivity contribution in [3.8, 4) is 0 Å². The molecular formula is C11H21NO. The number of hydrogen-bond acceptors (Lipinski definition) is 1. The van der Waals surface area contributed by atoms with E-state index in [-0.39, 0.29) is 5.91 Å². The van der Waals surface area contributed by atoms with Gasteiger partial charge in [-0.2, -0.15) is 0 Å². The van der Waals surface area contributed by atoms with E-state index in [1.165, 1.54) is 0 Å². The summed E-state index contributed by atoms with van der Waals surface area (Å²) in [5, 5.41) is 3.00. The second-order valence-electron chi connectivity index (χ2n) is 4.82. The minimum atomic E-state index is 0.219. The van der Waals surface area contributed by atoms with Gasteiger partial charge in [-0.1, -0.05) is 27.7 Å². The Labute approximate surface area is 81.1 Å². The van der Waals surface area contributed by atoms with Crippen LogP contribution in [0.15, 0.2) is 0 Å². The highest BCUT2D eigenvalue weighted by molar-refractivity contribution is 5.76. The first-order valence-electron chi connectivity index (χ1n) is 5.26. The minimum Gasteiger partial charge on any atom is -0.356 e. The molecule has 13 heavy (non-hydrogen) atoms. The first kappa shape index (κ1) is 10.6. The Morgan fingerprint density at radius 3 is 2.08 bits per heavy atom. The number of carbonyl (C=O) groups excluding carboxylic acids is 1. The van der Waals surface area contributed by atoms with Crippen molar-refractivity contribution in [2.75, 3.05) is 6.54 Å². The van der Waals surface area contributed by atoms with Gasteiger partial charge in [0.1, 0.15) is 0 Å². The lowest BCUT2D eigenvalue weighted by molar-refractivity contribution is -0.126. The molecule has 1 fully saturated rings. The molecule has 76 valence electrons. The van der Waals surface area contributed by atoms with Crippen LogP contribution in [-0.2, 0) is 4.79 Å². The van der Waals surface area contributed by atoms with Crippen LogP contribution in [0.2, 0.25) is 0 Å². The number of piperidine rings is 1. The van der Waals surface area contributed by atoms with Crippen molar-refractivity contribution < 1.29 is 4.79 Å². The molecule has 2 heteroatoms. The second kappa shape index (κ2) is 3.69. The number of nitrogens with one attached hydrogen (secondary N) is 1. The van der Waals surface area contributed by atoms with Crippen LogP contribution in [0.25, 0.3) is 0 Å². The summed E-state index contributed by atoms with van der Waals surface area (Å²) < 4.78 is 0. The molecule has 0 atom stereocenters. The van der Waals surface area contributed by atoms with Crippen LogP contribution in [-0.4, -0.2) is 12.5 Å². The van der Waals surface area contributed by atoms with Crippen molar-refractivity contribution in [1.82, 2.24) is 5.32 Å². The number of hydrogen-bond donors (Lipinski definition) is 1. The molecule has 0 spiro atoms. The summed E-state index contributed by atoms with van der Waals surface area (Å²) in [5.74, 6) is 1.51. The average molecular weight is 183 g/mol. The third kappa shape index (κ3) is 1.87. The van der Waals surface area contributed by atoms with E-state index in [9.17, 15) is 4.79 Å². The zero-order valence-electron chi connectivity index (χ0n) is 9.18. The van der Waals surface area contributed by atoms with Crippen LogP contribution < -0.4 is 5.32 Å². The largest absolute Gasteiger partial charge is 0.356 e. The van der Waals surface area contributed by atoms with Gasteiger partial charge in [-0.3, -0.25) is 4.79 Å². The van der Waals surface area contributed by atoms with Crippen LogP contribution in [0.3, 0.4) is 0 Å². The SMILES string of the molecule is CC(C)C1(C(C)C)CCC(=O)NC1. The molecule has 0 aliphatic carbocycles. The molecule has 0 saturated carbocycles. The highest BCUT2D eigenvalue weighted by Crippen LogP contribution is 2.41. The molecule has 0 unspecified atom stereocenters. The standard InChI is InChI=1S/C11H21NO/c1-8(2)11(9(3)4)6-5-10(13)12-7-11/h8-9H,5-7H2,1-4H3,(H,12,13). The highest BCUT2D eigenvalue weighted by atomic mass is 16.1. The van der Waals surface area contributed by atoms with Gasteiger partial charge < -0.3 is 5.32 Å². The Kier molecular flexibility index (Phi) is 2.99. The van der Waals surface area contributed by atoms with E-state index in [0.29, 0.717) is 23.7 Å². The van der Waals surface area contributed by atoms with Crippen LogP contribution in [0.5, 0.6) is 0 Å². The lowest BCUT2D eigenvalue weighted by atomic mass is 9.65. The van der Waals surface area contributed by atoms with E-state index in [1.54, 1.807) is 0 Å². The fourth-order valence-electron chi connectivity index (χ4n) is 2.44.